The third kappa shape index (κ3) is 4.94. The van der Waals surface area contributed by atoms with Crippen molar-refractivity contribution in [2.75, 3.05) is 10.6 Å². The number of hydrogen-bond donors (Lipinski definition) is 2. The number of carbonyl (C=O) groups excluding carboxylic acids is 2. The number of rotatable bonds is 6. The van der Waals surface area contributed by atoms with Crippen molar-refractivity contribution >= 4 is 45.7 Å². The number of carbonyl (C=O) groups is 2. The van der Waals surface area contributed by atoms with E-state index in [0.29, 0.717) is 27.7 Å². The lowest BCUT2D eigenvalue weighted by Crippen LogP contribution is -2.24. The Morgan fingerprint density at radius 2 is 1.61 bits per heavy atom. The lowest BCUT2D eigenvalue weighted by atomic mass is 10.0. The summed E-state index contributed by atoms with van der Waals surface area (Å²) in [5, 5.41) is 11.1. The minimum absolute atomic E-state index is 0.227. The molecule has 2 N–H and O–H groups in total. The molecule has 9 heteroatoms. The number of fused-ring (bicyclic) bond motifs is 1. The number of anilines is 2. The van der Waals surface area contributed by atoms with E-state index in [1.54, 1.807) is 49.4 Å². The van der Waals surface area contributed by atoms with Crippen LogP contribution in [0.3, 0.4) is 0 Å². The van der Waals surface area contributed by atoms with Crippen LogP contribution in [0.4, 0.5) is 11.4 Å². The molecule has 2 heterocycles. The largest absolute Gasteiger partial charge is 0.324 e. The predicted molar refractivity (Wildman–Crippen MR) is 140 cm³/mol. The highest BCUT2D eigenvalue weighted by atomic mass is 35.5. The Kier molecular flexibility index (Phi) is 6.42. The van der Waals surface area contributed by atoms with Crippen molar-refractivity contribution < 1.29 is 9.59 Å². The molecule has 0 saturated heterocycles. The van der Waals surface area contributed by atoms with Crippen LogP contribution >= 0.6 is 11.6 Å². The third-order valence-electron chi connectivity index (χ3n) is 5.72. The monoisotopic (exact) mass is 496 g/mol. The molecule has 0 spiro atoms. The summed E-state index contributed by atoms with van der Waals surface area (Å²) >= 11 is 6.03. The number of para-hydroxylation sites is 1. The van der Waals surface area contributed by atoms with E-state index in [1.165, 1.54) is 17.3 Å². The summed E-state index contributed by atoms with van der Waals surface area (Å²) in [4.78, 5) is 34.4. The van der Waals surface area contributed by atoms with Gasteiger partial charge in [0.1, 0.15) is 18.7 Å². The van der Waals surface area contributed by atoms with Gasteiger partial charge in [0, 0.05) is 27.3 Å². The first kappa shape index (κ1) is 23.2. The molecule has 0 saturated carbocycles. The highest BCUT2D eigenvalue weighted by Crippen LogP contribution is 2.27. The Labute approximate surface area is 212 Å². The first-order valence-corrected chi connectivity index (χ1v) is 11.6. The zero-order valence-electron chi connectivity index (χ0n) is 19.2. The zero-order chi connectivity index (χ0) is 25.1. The fraction of sp³-hybridized carbons (Fsp3) is 0.0741. The molecule has 1 unspecified atom stereocenters. The van der Waals surface area contributed by atoms with Gasteiger partial charge in [-0.05, 0) is 55.5 Å². The molecule has 2 amide bonds. The number of amides is 2. The highest BCUT2D eigenvalue weighted by molar-refractivity contribution is 6.30. The average Bonchev–Trinajstić information content (AvgIpc) is 3.44. The van der Waals surface area contributed by atoms with Crippen LogP contribution < -0.4 is 10.6 Å². The van der Waals surface area contributed by atoms with Crippen LogP contribution in [0.2, 0.25) is 5.02 Å². The predicted octanol–water partition coefficient (Wildman–Crippen LogP) is 5.60. The van der Waals surface area contributed by atoms with Crippen LogP contribution in [0.15, 0.2) is 91.5 Å². The smallest absolute Gasteiger partial charge is 0.256 e. The van der Waals surface area contributed by atoms with E-state index in [9.17, 15) is 9.59 Å². The second-order valence-corrected chi connectivity index (χ2v) is 8.59. The van der Waals surface area contributed by atoms with Gasteiger partial charge in [-0.1, -0.05) is 41.9 Å². The fourth-order valence-corrected chi connectivity index (χ4v) is 3.88. The van der Waals surface area contributed by atoms with Crippen molar-refractivity contribution in [3.63, 3.8) is 0 Å². The lowest BCUT2D eigenvalue weighted by Gasteiger charge is -2.13. The summed E-state index contributed by atoms with van der Waals surface area (Å²) in [5.41, 5.74) is 3.95. The minimum atomic E-state index is -0.512. The topological polar surface area (TPSA) is 102 Å². The first-order valence-electron chi connectivity index (χ1n) is 11.2. The van der Waals surface area contributed by atoms with Gasteiger partial charge in [0.15, 0.2) is 0 Å². The minimum Gasteiger partial charge on any atom is -0.324 e. The van der Waals surface area contributed by atoms with Crippen molar-refractivity contribution in [1.29, 1.82) is 0 Å². The summed E-state index contributed by atoms with van der Waals surface area (Å²) < 4.78 is 1.47. The van der Waals surface area contributed by atoms with E-state index < -0.39 is 6.04 Å². The highest BCUT2D eigenvalue weighted by Gasteiger charge is 2.17. The molecule has 0 radical (unpaired) electrons. The molecule has 0 bridgehead atoms. The van der Waals surface area contributed by atoms with Crippen molar-refractivity contribution in [3.05, 3.63) is 102 Å². The quantitative estimate of drug-likeness (QED) is 0.318. The maximum absolute atomic E-state index is 13.3. The molecule has 8 nitrogen and oxygen atoms in total. The Hall–Kier alpha value is -4.56. The number of nitrogens with zero attached hydrogens (tertiary/aromatic N) is 4. The Morgan fingerprint density at radius 3 is 2.31 bits per heavy atom. The van der Waals surface area contributed by atoms with Crippen molar-refractivity contribution in [1.82, 2.24) is 19.7 Å². The lowest BCUT2D eigenvalue weighted by molar-refractivity contribution is -0.119. The number of hydrogen-bond acceptors (Lipinski definition) is 5. The number of nitrogens with one attached hydrogen (secondary N) is 2. The normalized spacial score (nSPS) is 11.7. The number of pyridine rings is 1. The van der Waals surface area contributed by atoms with Gasteiger partial charge in [0.05, 0.1) is 16.8 Å². The molecule has 3 aromatic carbocycles. The van der Waals surface area contributed by atoms with Crippen LogP contribution in [0.25, 0.3) is 22.2 Å². The average molecular weight is 497 g/mol. The van der Waals surface area contributed by atoms with Gasteiger partial charge < -0.3 is 10.6 Å². The second-order valence-electron chi connectivity index (χ2n) is 8.15. The summed E-state index contributed by atoms with van der Waals surface area (Å²) in [6.07, 6.45) is 2.87. The molecule has 178 valence electrons. The van der Waals surface area contributed by atoms with Crippen LogP contribution in [-0.2, 0) is 4.79 Å². The van der Waals surface area contributed by atoms with Crippen molar-refractivity contribution in [3.8, 4) is 11.3 Å². The van der Waals surface area contributed by atoms with E-state index in [-0.39, 0.29) is 11.8 Å². The third-order valence-corrected chi connectivity index (χ3v) is 5.98. The van der Waals surface area contributed by atoms with E-state index in [4.69, 9.17) is 16.6 Å². The van der Waals surface area contributed by atoms with Gasteiger partial charge in [-0.25, -0.2) is 14.6 Å². The van der Waals surface area contributed by atoms with E-state index in [1.807, 2.05) is 36.4 Å². The van der Waals surface area contributed by atoms with E-state index in [0.717, 1.165) is 16.5 Å². The van der Waals surface area contributed by atoms with Gasteiger partial charge >= 0.3 is 0 Å². The van der Waals surface area contributed by atoms with Gasteiger partial charge in [0.2, 0.25) is 5.91 Å². The number of halogens is 1. The van der Waals surface area contributed by atoms with Crippen LogP contribution in [0.5, 0.6) is 0 Å². The molecule has 1 atom stereocenters. The summed E-state index contributed by atoms with van der Waals surface area (Å²) in [6, 6.07) is 23.0. The van der Waals surface area contributed by atoms with Gasteiger partial charge in [-0.2, -0.15) is 5.10 Å². The maximum atomic E-state index is 13.3. The molecular weight excluding hydrogens is 476 g/mol. The van der Waals surface area contributed by atoms with E-state index >= 15 is 0 Å². The Bertz CT molecular complexity index is 1530. The van der Waals surface area contributed by atoms with Gasteiger partial charge in [-0.15, -0.1) is 0 Å². The molecule has 0 aliphatic rings. The van der Waals surface area contributed by atoms with Gasteiger partial charge in [0.25, 0.3) is 5.91 Å². The maximum Gasteiger partial charge on any atom is 0.256 e. The molecular formula is C27H21ClN6O2. The Balaban J connectivity index is 1.35. The number of aromatic nitrogens is 4. The molecule has 5 aromatic rings. The summed E-state index contributed by atoms with van der Waals surface area (Å²) in [5.74, 6) is -0.490. The summed E-state index contributed by atoms with van der Waals surface area (Å²) in [6.45, 7) is 1.73. The Morgan fingerprint density at radius 1 is 0.917 bits per heavy atom. The fourth-order valence-electron chi connectivity index (χ4n) is 3.75. The zero-order valence-corrected chi connectivity index (χ0v) is 20.0. The van der Waals surface area contributed by atoms with Crippen LogP contribution in [0, 0.1) is 0 Å². The molecule has 2 aromatic heterocycles. The molecule has 36 heavy (non-hydrogen) atoms. The van der Waals surface area contributed by atoms with E-state index in [2.05, 4.69) is 20.7 Å². The first-order chi connectivity index (χ1) is 17.5. The number of benzene rings is 3. The van der Waals surface area contributed by atoms with Crippen molar-refractivity contribution in [2.45, 2.75) is 13.0 Å². The molecule has 0 fully saturated rings. The SMILES string of the molecule is CC(C(=O)Nc1ccc(NC(=O)c2cc(-c3ccc(Cl)cc3)nc3ccccc23)cc1)n1cncn1. The van der Waals surface area contributed by atoms with Crippen molar-refractivity contribution in [2.24, 2.45) is 0 Å². The second kappa shape index (κ2) is 9.97. The van der Waals surface area contributed by atoms with Gasteiger partial charge in [-0.3, -0.25) is 9.59 Å². The summed E-state index contributed by atoms with van der Waals surface area (Å²) in [7, 11) is 0. The van der Waals surface area contributed by atoms with Crippen LogP contribution in [-0.4, -0.2) is 31.6 Å². The van der Waals surface area contributed by atoms with Crippen LogP contribution in [0.1, 0.15) is 23.3 Å². The molecule has 0 aliphatic carbocycles. The molecule has 0 aliphatic heterocycles. The standard InChI is InChI=1S/C27H21ClN6O2/c1-17(34-16-29-15-30-34)26(35)31-20-10-12-21(13-11-20)32-27(36)23-14-25(18-6-8-19(28)9-7-18)33-24-5-3-2-4-22(23)24/h2-17H,1H3,(H,31,35)(H,32,36). The molecule has 5 rings (SSSR count).